The Balaban J connectivity index is 1.46. The second kappa shape index (κ2) is 13.3. The van der Waals surface area contributed by atoms with E-state index in [-0.39, 0.29) is 16.2 Å². The van der Waals surface area contributed by atoms with Gasteiger partial charge in [-0.1, -0.05) is 153 Å². The number of hydrogen-bond donors (Lipinski definition) is 2. The van der Waals surface area contributed by atoms with Gasteiger partial charge < -0.3 is 19.2 Å². The Morgan fingerprint density at radius 1 is 0.625 bits per heavy atom. The van der Waals surface area contributed by atoms with Crippen molar-refractivity contribution in [3.63, 3.8) is 0 Å². The van der Waals surface area contributed by atoms with E-state index in [9.17, 15) is 5.11 Å². The maximum atomic E-state index is 12.4. The van der Waals surface area contributed by atoms with Crippen LogP contribution in [0.2, 0.25) is 0 Å². The third-order valence-electron chi connectivity index (χ3n) is 11.0. The summed E-state index contributed by atoms with van der Waals surface area (Å²) in [5, 5.41) is 13.5. The van der Waals surface area contributed by atoms with Crippen LogP contribution in [0.1, 0.15) is 79.0 Å². The average Bonchev–Trinajstić information content (AvgIpc) is 3.71. The molecule has 0 saturated carbocycles. The highest BCUT2D eigenvalue weighted by Gasteiger charge is 2.29. The Hall–Kier alpha value is -6.01. The topological polar surface area (TPSA) is 70.6 Å². The predicted molar refractivity (Wildman–Crippen MR) is 230 cm³/mol. The Kier molecular flexibility index (Phi) is 8.80. The van der Waals surface area contributed by atoms with Gasteiger partial charge in [0.1, 0.15) is 17.6 Å². The fourth-order valence-corrected chi connectivity index (χ4v) is 7.81. The largest absolute Gasteiger partial charge is 0.507 e. The lowest BCUT2D eigenvalue weighted by Gasteiger charge is -2.28. The third-order valence-corrected chi connectivity index (χ3v) is 11.0. The molecule has 8 rings (SSSR count). The number of aromatic hydroxyl groups is 1. The van der Waals surface area contributed by atoms with Gasteiger partial charge in [-0.05, 0) is 61.8 Å². The zero-order valence-electron chi connectivity index (χ0n) is 34.2. The van der Waals surface area contributed by atoms with E-state index in [0.717, 1.165) is 78.1 Å². The summed E-state index contributed by atoms with van der Waals surface area (Å²) in [5.74, 6) is 0.304. The minimum atomic E-state index is -0.290. The molecule has 5 aromatic carbocycles. The predicted octanol–water partition coefficient (Wildman–Crippen LogP) is 11.8. The maximum Gasteiger partial charge on any atom is 0.205 e. The van der Waals surface area contributed by atoms with Gasteiger partial charge in [-0.25, -0.2) is 0 Å². The van der Waals surface area contributed by atoms with Crippen molar-refractivity contribution in [1.82, 2.24) is 19.5 Å². The zero-order valence-corrected chi connectivity index (χ0v) is 34.2. The first-order valence-electron chi connectivity index (χ1n) is 19.5. The van der Waals surface area contributed by atoms with Crippen LogP contribution in [0.5, 0.6) is 5.75 Å². The third kappa shape index (κ3) is 6.47. The Morgan fingerprint density at radius 3 is 2.02 bits per heavy atom. The van der Waals surface area contributed by atoms with Crippen LogP contribution < -0.4 is 4.57 Å². The van der Waals surface area contributed by atoms with Gasteiger partial charge in [0.2, 0.25) is 5.65 Å². The average molecular weight is 738 g/mol. The molecule has 6 nitrogen and oxygen atoms in total. The molecule has 0 unspecified atom stereocenters. The van der Waals surface area contributed by atoms with Crippen LogP contribution in [0, 0.1) is 6.33 Å². The van der Waals surface area contributed by atoms with Crippen LogP contribution in [0.4, 0.5) is 0 Å². The van der Waals surface area contributed by atoms with Gasteiger partial charge in [0, 0.05) is 40.4 Å². The summed E-state index contributed by atoms with van der Waals surface area (Å²) in [6, 6.07) is 37.0. The van der Waals surface area contributed by atoms with E-state index in [2.05, 4.69) is 187 Å². The van der Waals surface area contributed by atoms with Gasteiger partial charge in [0.15, 0.2) is 6.33 Å². The van der Waals surface area contributed by atoms with E-state index in [4.69, 9.17) is 0 Å². The number of imidazole rings is 1. The first-order valence-corrected chi connectivity index (χ1v) is 19.5. The van der Waals surface area contributed by atoms with Crippen LogP contribution in [0.3, 0.4) is 0 Å². The molecule has 0 fully saturated rings. The molecule has 2 N–H and O–H groups in total. The molecule has 0 radical (unpaired) electrons. The van der Waals surface area contributed by atoms with Crippen LogP contribution in [-0.4, -0.2) is 24.6 Å². The smallest absolute Gasteiger partial charge is 0.205 e. The Bertz CT molecular complexity index is 2770. The van der Waals surface area contributed by atoms with Crippen molar-refractivity contribution in [2.45, 2.75) is 78.6 Å². The van der Waals surface area contributed by atoms with Gasteiger partial charge >= 0.3 is 0 Å². The molecule has 282 valence electrons. The normalized spacial score (nSPS) is 12.5. The van der Waals surface area contributed by atoms with Gasteiger partial charge in [-0.15, -0.1) is 0 Å². The summed E-state index contributed by atoms with van der Waals surface area (Å²) in [6.45, 7) is 20.0. The lowest BCUT2D eigenvalue weighted by atomic mass is 9.78. The molecule has 0 atom stereocenters. The number of aryl methyl sites for hydroxylation is 1. The molecule has 0 aliphatic rings. The Labute approximate surface area is 330 Å². The van der Waals surface area contributed by atoms with E-state index in [1.807, 2.05) is 16.2 Å². The quantitative estimate of drug-likeness (QED) is 0.136. The molecular formula is C50H51N5O. The summed E-state index contributed by atoms with van der Waals surface area (Å²) in [4.78, 5) is 13.1. The highest BCUT2D eigenvalue weighted by molar-refractivity contribution is 6.11. The number of hydrogen-bond acceptors (Lipinski definition) is 3. The van der Waals surface area contributed by atoms with Gasteiger partial charge in [-0.3, -0.25) is 4.98 Å². The molecule has 0 saturated heterocycles. The lowest BCUT2D eigenvalue weighted by molar-refractivity contribution is -0.651. The van der Waals surface area contributed by atoms with Crippen molar-refractivity contribution >= 4 is 22.2 Å². The van der Waals surface area contributed by atoms with Gasteiger partial charge in [0.05, 0.1) is 17.4 Å². The molecule has 0 spiro atoms. The monoisotopic (exact) mass is 737 g/mol. The fraction of sp³-hybridized carbons (Fsp3) is 0.260. The molecule has 8 aromatic rings. The van der Waals surface area contributed by atoms with E-state index < -0.39 is 0 Å². The van der Waals surface area contributed by atoms with Crippen molar-refractivity contribution < 1.29 is 9.67 Å². The standard InChI is InChI=1S/C50H51N5O/c1-48(2,3)33-22-23-37(39(27-33)31-16-12-11-13-17-31)42-38-21-15-20-36(32-18-14-19-35(26-32)55-30-54(10)46-47(55)52-25-24-51-46)43(38)53-44(42)40-28-34(49(4,5)6)29-41(45(40)56)50(7,8)9/h11-29,53,56H,1-10H3. The van der Waals surface area contributed by atoms with E-state index in [1.165, 1.54) is 11.1 Å². The maximum absolute atomic E-state index is 12.4. The summed E-state index contributed by atoms with van der Waals surface area (Å²) >= 11 is 0. The number of nitrogens with one attached hydrogen (secondary N) is 1. The number of H-pyrrole nitrogens is 1. The summed E-state index contributed by atoms with van der Waals surface area (Å²) in [5.41, 5.74) is 14.6. The van der Waals surface area contributed by atoms with Crippen molar-refractivity contribution in [3.8, 4) is 56.1 Å². The van der Waals surface area contributed by atoms with Crippen LogP contribution in [0.15, 0.2) is 116 Å². The number of phenols is 1. The number of aromatic amines is 1. The van der Waals surface area contributed by atoms with Crippen molar-refractivity contribution in [2.75, 3.05) is 0 Å². The molecule has 0 amide bonds. The van der Waals surface area contributed by atoms with Crippen molar-refractivity contribution in [3.05, 3.63) is 139 Å². The minimum absolute atomic E-state index is 0.0463. The highest BCUT2D eigenvalue weighted by Crippen LogP contribution is 2.50. The zero-order chi connectivity index (χ0) is 39.7. The van der Waals surface area contributed by atoms with Crippen LogP contribution >= 0.6 is 0 Å². The number of aromatic nitrogens is 5. The number of para-hydroxylation sites is 1. The van der Waals surface area contributed by atoms with Crippen molar-refractivity contribution in [2.24, 2.45) is 7.05 Å². The number of fused-ring (bicyclic) bond motifs is 2. The first-order chi connectivity index (χ1) is 26.5. The first kappa shape index (κ1) is 36.9. The van der Waals surface area contributed by atoms with E-state index >= 15 is 0 Å². The number of benzene rings is 5. The van der Waals surface area contributed by atoms with E-state index in [0.29, 0.717) is 5.75 Å². The molecule has 56 heavy (non-hydrogen) atoms. The van der Waals surface area contributed by atoms with Gasteiger partial charge in [-0.2, -0.15) is 4.98 Å². The van der Waals surface area contributed by atoms with E-state index in [1.54, 1.807) is 12.4 Å². The Morgan fingerprint density at radius 2 is 1.30 bits per heavy atom. The van der Waals surface area contributed by atoms with Crippen molar-refractivity contribution in [1.29, 1.82) is 0 Å². The second-order valence-corrected chi connectivity index (χ2v) is 18.1. The molecule has 6 heteroatoms. The number of nitrogens with zero attached hydrogens (tertiary/aromatic N) is 4. The minimum Gasteiger partial charge on any atom is -0.507 e. The molecular weight excluding hydrogens is 687 g/mol. The summed E-state index contributed by atoms with van der Waals surface area (Å²) < 4.78 is 3.84. The molecule has 3 heterocycles. The van der Waals surface area contributed by atoms with Gasteiger partial charge in [0.25, 0.3) is 0 Å². The number of rotatable bonds is 5. The van der Waals surface area contributed by atoms with Crippen LogP contribution in [0.25, 0.3) is 72.5 Å². The lowest BCUT2D eigenvalue weighted by Crippen LogP contribution is -2.27. The molecule has 0 aliphatic carbocycles. The molecule has 0 aliphatic heterocycles. The molecule has 0 bridgehead atoms. The second-order valence-electron chi connectivity index (χ2n) is 18.1. The molecule has 3 aromatic heterocycles. The highest BCUT2D eigenvalue weighted by atomic mass is 16.3. The van der Waals surface area contributed by atoms with Crippen LogP contribution in [-0.2, 0) is 23.3 Å². The fourth-order valence-electron chi connectivity index (χ4n) is 7.81. The summed E-state index contributed by atoms with van der Waals surface area (Å²) in [6.07, 6.45) is 6.81. The number of phenolic OH excluding ortho intramolecular Hbond substituents is 1. The SMILES string of the molecule is C[n+]1[c-]n(-c2cccc(-c3cccc4c(-c5ccc(C(C)(C)C)cc5-c5ccccc5)c(-c5cc(C(C)(C)C)cc(C(C)(C)C)c5O)[nH]c34)c2)c2nccnc21. The summed E-state index contributed by atoms with van der Waals surface area (Å²) in [7, 11) is 1.94.